The van der Waals surface area contributed by atoms with Crippen LogP contribution in [-0.4, -0.2) is 25.7 Å². The molecule has 2 nitrogen and oxygen atoms in total. The molecule has 1 aliphatic carbocycles. The summed E-state index contributed by atoms with van der Waals surface area (Å²) >= 11 is 0. The first-order chi connectivity index (χ1) is 9.42. The first kappa shape index (κ1) is 13.1. The van der Waals surface area contributed by atoms with Gasteiger partial charge in [0.1, 0.15) is 0 Å². The number of benzene rings is 1. The fraction of sp³-hybridized carbons (Fsp3) is 0.647. The summed E-state index contributed by atoms with van der Waals surface area (Å²) in [4.78, 5) is 0. The first-order valence-corrected chi connectivity index (χ1v) is 7.93. The number of rotatable bonds is 3. The highest BCUT2D eigenvalue weighted by molar-refractivity contribution is 5.30. The molecule has 0 saturated carbocycles. The molecule has 2 heteroatoms. The summed E-state index contributed by atoms with van der Waals surface area (Å²) in [6.45, 7) is 3.61. The van der Waals surface area contributed by atoms with E-state index < -0.39 is 0 Å². The molecule has 1 saturated heterocycles. The van der Waals surface area contributed by atoms with Crippen LogP contribution < -0.4 is 10.6 Å². The highest BCUT2D eigenvalue weighted by Crippen LogP contribution is 2.21. The van der Waals surface area contributed by atoms with Gasteiger partial charge in [-0.3, -0.25) is 0 Å². The van der Waals surface area contributed by atoms with E-state index in [4.69, 9.17) is 0 Å². The summed E-state index contributed by atoms with van der Waals surface area (Å²) in [6.07, 6.45) is 7.91. The van der Waals surface area contributed by atoms with Crippen molar-refractivity contribution in [3.63, 3.8) is 0 Å². The number of fused-ring (bicyclic) bond motifs is 1. The van der Waals surface area contributed by atoms with Crippen molar-refractivity contribution >= 4 is 0 Å². The lowest BCUT2D eigenvalue weighted by Crippen LogP contribution is -2.39. The SMILES string of the molecule is c1ccc2c(c1)CC[C@H](NCC1CCCCNC1)C2. The van der Waals surface area contributed by atoms with Gasteiger partial charge in [-0.2, -0.15) is 0 Å². The van der Waals surface area contributed by atoms with Crippen molar-refractivity contribution in [3.05, 3.63) is 35.4 Å². The number of aryl methyl sites for hydroxylation is 1. The van der Waals surface area contributed by atoms with Crippen molar-refractivity contribution in [1.82, 2.24) is 10.6 Å². The summed E-state index contributed by atoms with van der Waals surface area (Å²) in [5.74, 6) is 0.833. The maximum absolute atomic E-state index is 3.82. The Kier molecular flexibility index (Phi) is 4.52. The third-order valence-corrected chi connectivity index (χ3v) is 4.69. The molecule has 2 N–H and O–H groups in total. The molecular formula is C17H26N2. The molecule has 2 atom stereocenters. The van der Waals surface area contributed by atoms with Crippen LogP contribution >= 0.6 is 0 Å². The number of nitrogens with one attached hydrogen (secondary N) is 2. The Bertz CT molecular complexity index is 394. The van der Waals surface area contributed by atoms with Crippen molar-refractivity contribution in [2.24, 2.45) is 5.92 Å². The molecule has 3 rings (SSSR count). The Morgan fingerprint density at radius 2 is 2.00 bits per heavy atom. The van der Waals surface area contributed by atoms with E-state index in [9.17, 15) is 0 Å². The molecule has 1 heterocycles. The topological polar surface area (TPSA) is 24.1 Å². The third kappa shape index (κ3) is 3.58. The van der Waals surface area contributed by atoms with Gasteiger partial charge in [-0.25, -0.2) is 0 Å². The second-order valence-corrected chi connectivity index (χ2v) is 6.18. The van der Waals surface area contributed by atoms with Gasteiger partial charge in [0.2, 0.25) is 0 Å². The van der Waals surface area contributed by atoms with Crippen LogP contribution in [0.1, 0.15) is 36.8 Å². The molecule has 2 aliphatic rings. The Morgan fingerprint density at radius 3 is 2.95 bits per heavy atom. The van der Waals surface area contributed by atoms with Gasteiger partial charge in [0, 0.05) is 6.04 Å². The van der Waals surface area contributed by atoms with E-state index in [1.807, 2.05) is 0 Å². The van der Waals surface area contributed by atoms with Gasteiger partial charge in [-0.1, -0.05) is 30.7 Å². The van der Waals surface area contributed by atoms with Crippen LogP contribution in [0.3, 0.4) is 0 Å². The Morgan fingerprint density at radius 1 is 1.11 bits per heavy atom. The third-order valence-electron chi connectivity index (χ3n) is 4.69. The summed E-state index contributed by atoms with van der Waals surface area (Å²) in [5.41, 5.74) is 3.13. The molecule has 1 aromatic rings. The predicted molar refractivity (Wildman–Crippen MR) is 80.5 cm³/mol. The second-order valence-electron chi connectivity index (χ2n) is 6.18. The van der Waals surface area contributed by atoms with Gasteiger partial charge in [0.15, 0.2) is 0 Å². The highest BCUT2D eigenvalue weighted by atomic mass is 14.9. The van der Waals surface area contributed by atoms with Gasteiger partial charge in [0.05, 0.1) is 0 Å². The van der Waals surface area contributed by atoms with Gasteiger partial charge in [-0.15, -0.1) is 0 Å². The summed E-state index contributed by atoms with van der Waals surface area (Å²) in [7, 11) is 0. The zero-order valence-corrected chi connectivity index (χ0v) is 11.8. The van der Waals surface area contributed by atoms with E-state index >= 15 is 0 Å². The lowest BCUT2D eigenvalue weighted by Gasteiger charge is -2.27. The highest BCUT2D eigenvalue weighted by Gasteiger charge is 2.19. The molecule has 1 fully saturated rings. The molecule has 1 aromatic carbocycles. The molecule has 0 spiro atoms. The molecule has 19 heavy (non-hydrogen) atoms. The monoisotopic (exact) mass is 258 g/mol. The van der Waals surface area contributed by atoms with Crippen LogP contribution in [0.4, 0.5) is 0 Å². The van der Waals surface area contributed by atoms with Gasteiger partial charge < -0.3 is 10.6 Å². The normalized spacial score (nSPS) is 27.6. The van der Waals surface area contributed by atoms with Gasteiger partial charge in [-0.05, 0) is 68.8 Å². The first-order valence-electron chi connectivity index (χ1n) is 7.93. The Hall–Kier alpha value is -0.860. The lowest BCUT2D eigenvalue weighted by molar-refractivity contribution is 0.382. The van der Waals surface area contributed by atoms with Crippen LogP contribution in [0.5, 0.6) is 0 Å². The number of hydrogen-bond donors (Lipinski definition) is 2. The van der Waals surface area contributed by atoms with Gasteiger partial charge >= 0.3 is 0 Å². The quantitative estimate of drug-likeness (QED) is 0.870. The standard InChI is InChI=1S/C17H26N2/c1-2-7-16-11-17(9-8-15(16)6-1)19-13-14-5-3-4-10-18-12-14/h1-2,6-7,14,17-19H,3-5,8-13H2/t14?,17-/m0/s1. The van der Waals surface area contributed by atoms with E-state index in [-0.39, 0.29) is 0 Å². The minimum absolute atomic E-state index is 0.693. The predicted octanol–water partition coefficient (Wildman–Crippen LogP) is 2.52. The van der Waals surface area contributed by atoms with E-state index in [0.29, 0.717) is 6.04 Å². The molecule has 1 aliphatic heterocycles. The van der Waals surface area contributed by atoms with E-state index in [1.54, 1.807) is 11.1 Å². The maximum Gasteiger partial charge on any atom is 0.0111 e. The van der Waals surface area contributed by atoms with Crippen LogP contribution in [0.2, 0.25) is 0 Å². The fourth-order valence-electron chi connectivity index (χ4n) is 3.47. The molecule has 0 bridgehead atoms. The Labute approximate surface area is 117 Å². The lowest BCUT2D eigenvalue weighted by atomic mass is 9.88. The molecule has 0 amide bonds. The van der Waals surface area contributed by atoms with Crippen LogP contribution in [0.25, 0.3) is 0 Å². The minimum atomic E-state index is 0.693. The van der Waals surface area contributed by atoms with Crippen LogP contribution in [0.15, 0.2) is 24.3 Å². The zero-order chi connectivity index (χ0) is 12.9. The smallest absolute Gasteiger partial charge is 0.0111 e. The molecule has 0 radical (unpaired) electrons. The van der Waals surface area contributed by atoms with Crippen molar-refractivity contribution in [2.45, 2.75) is 44.6 Å². The Balaban J connectivity index is 1.49. The van der Waals surface area contributed by atoms with Gasteiger partial charge in [0.25, 0.3) is 0 Å². The summed E-state index contributed by atoms with van der Waals surface area (Å²) in [5, 5.41) is 7.38. The molecular weight excluding hydrogens is 232 g/mol. The summed E-state index contributed by atoms with van der Waals surface area (Å²) < 4.78 is 0. The number of hydrogen-bond acceptors (Lipinski definition) is 2. The second kappa shape index (κ2) is 6.53. The molecule has 1 unspecified atom stereocenters. The largest absolute Gasteiger partial charge is 0.316 e. The van der Waals surface area contributed by atoms with Crippen molar-refractivity contribution in [3.8, 4) is 0 Å². The fourth-order valence-corrected chi connectivity index (χ4v) is 3.47. The minimum Gasteiger partial charge on any atom is -0.316 e. The van der Waals surface area contributed by atoms with Crippen LogP contribution in [-0.2, 0) is 12.8 Å². The van der Waals surface area contributed by atoms with E-state index in [1.165, 1.54) is 58.2 Å². The van der Waals surface area contributed by atoms with Crippen molar-refractivity contribution in [2.75, 3.05) is 19.6 Å². The zero-order valence-electron chi connectivity index (χ0n) is 11.8. The average Bonchev–Trinajstić information content (AvgIpc) is 2.73. The van der Waals surface area contributed by atoms with Crippen molar-refractivity contribution in [1.29, 1.82) is 0 Å². The average molecular weight is 258 g/mol. The molecule has 104 valence electrons. The maximum atomic E-state index is 3.82. The molecule has 0 aromatic heterocycles. The van der Waals surface area contributed by atoms with Crippen LogP contribution in [0, 0.1) is 5.92 Å². The van der Waals surface area contributed by atoms with E-state index in [0.717, 1.165) is 5.92 Å². The van der Waals surface area contributed by atoms with E-state index in [2.05, 4.69) is 34.9 Å². The van der Waals surface area contributed by atoms with Crippen molar-refractivity contribution < 1.29 is 0 Å². The summed E-state index contributed by atoms with van der Waals surface area (Å²) in [6, 6.07) is 9.63.